The van der Waals surface area contributed by atoms with Crippen LogP contribution in [0.4, 0.5) is 17.1 Å². The first-order valence-corrected chi connectivity index (χ1v) is 18.3. The number of hydrogen-bond acceptors (Lipinski definition) is 1. The Morgan fingerprint density at radius 1 is 0.472 bits per heavy atom. The summed E-state index contributed by atoms with van der Waals surface area (Å²) in [5.41, 5.74) is 13.0. The first-order chi connectivity index (χ1) is 26.9. The van der Waals surface area contributed by atoms with Crippen LogP contribution >= 0.6 is 0 Å². The maximum Gasteiger partial charge on any atom is 0.0629 e. The monoisotopic (exact) mass is 680 g/mol. The number of anilines is 3. The van der Waals surface area contributed by atoms with E-state index in [2.05, 4.69) is 181 Å². The molecule has 0 saturated heterocycles. The first-order valence-electron chi connectivity index (χ1n) is 19.3. The summed E-state index contributed by atoms with van der Waals surface area (Å²) >= 11 is 0. The molecule has 2 heteroatoms. The summed E-state index contributed by atoms with van der Waals surface area (Å²) in [6.07, 6.45) is 0. The van der Waals surface area contributed by atoms with Crippen LogP contribution in [0.5, 0.6) is 0 Å². The summed E-state index contributed by atoms with van der Waals surface area (Å²) in [6, 6.07) is 64.0. The zero-order valence-electron chi connectivity index (χ0n) is 31.7. The van der Waals surface area contributed by atoms with Crippen LogP contribution in [0.1, 0.15) is 38.8 Å². The fourth-order valence-electron chi connectivity index (χ4n) is 8.34. The molecule has 0 bridgehead atoms. The van der Waals surface area contributed by atoms with E-state index in [1.165, 1.54) is 33.0 Å². The highest BCUT2D eigenvalue weighted by molar-refractivity contribution is 6.10. The second kappa shape index (κ2) is 12.3. The molecule has 8 aromatic carbocycles. The zero-order valence-corrected chi connectivity index (χ0v) is 29.7. The van der Waals surface area contributed by atoms with Crippen LogP contribution in [0.2, 0.25) is 0 Å². The highest BCUT2D eigenvalue weighted by Crippen LogP contribution is 2.50. The van der Waals surface area contributed by atoms with E-state index in [0.29, 0.717) is 5.56 Å². The van der Waals surface area contributed by atoms with Gasteiger partial charge in [0.25, 0.3) is 0 Å². The van der Waals surface area contributed by atoms with E-state index in [1.54, 1.807) is 0 Å². The van der Waals surface area contributed by atoms with E-state index in [9.17, 15) is 2.74 Å². The van der Waals surface area contributed by atoms with E-state index in [0.717, 1.165) is 50.1 Å². The number of benzene rings is 8. The second-order valence-corrected chi connectivity index (χ2v) is 14.5. The molecule has 0 saturated carbocycles. The number of hydrogen-bond donors (Lipinski definition) is 0. The summed E-state index contributed by atoms with van der Waals surface area (Å²) in [6.45, 7) is 4.62. The molecule has 0 atom stereocenters. The van der Waals surface area contributed by atoms with Crippen molar-refractivity contribution in [2.24, 2.45) is 0 Å². The van der Waals surface area contributed by atoms with Crippen molar-refractivity contribution in [2.75, 3.05) is 4.90 Å². The molecule has 0 fully saturated rings. The van der Waals surface area contributed by atoms with Gasteiger partial charge in [-0.2, -0.15) is 0 Å². The van der Waals surface area contributed by atoms with Gasteiger partial charge >= 0.3 is 0 Å². The number of fused-ring (bicyclic) bond motifs is 7. The van der Waals surface area contributed by atoms with Gasteiger partial charge in [0.15, 0.2) is 0 Å². The summed E-state index contributed by atoms with van der Waals surface area (Å²) < 4.78 is 20.8. The molecule has 1 aliphatic rings. The average molecular weight is 681 g/mol. The standard InChI is InChI=1S/C51H38N2/c1-51(2)47-18-10-8-16-43(47)44-30-29-42(34-48(44)51)52(39-14-4-3-5-15-39)40-26-22-35(23-27-40)20-21-36-24-31-50-46(32-36)45-17-9-11-19-49(45)53(50)41-28-25-37-12-6-7-13-38(37)33-41/h3-34H,1-2H3/b21-20+/i20D,21D. The SMILES string of the molecule is [2H]/C(=C(/[2H])c1ccc2c(c1)c1ccccc1n2-c1ccc2ccccc2c1)c1ccc(N(c2ccccc2)c2ccc3c(c2)C(C)(C)c2ccccc2-3)cc1. The van der Waals surface area contributed by atoms with Crippen LogP contribution in [-0.2, 0) is 5.41 Å². The van der Waals surface area contributed by atoms with Crippen molar-refractivity contribution in [1.82, 2.24) is 4.57 Å². The largest absolute Gasteiger partial charge is 0.310 e. The van der Waals surface area contributed by atoms with E-state index in [1.807, 2.05) is 24.3 Å². The molecule has 2 nitrogen and oxygen atoms in total. The Morgan fingerprint density at radius 2 is 1.11 bits per heavy atom. The summed E-state index contributed by atoms with van der Waals surface area (Å²) in [4.78, 5) is 2.28. The molecule has 252 valence electrons. The van der Waals surface area contributed by atoms with Crippen molar-refractivity contribution < 1.29 is 2.74 Å². The number of nitrogens with zero attached hydrogens (tertiary/aromatic N) is 2. The average Bonchev–Trinajstić information content (AvgIpc) is 3.68. The Kier molecular flexibility index (Phi) is 6.70. The maximum atomic E-state index is 9.25. The fraction of sp³-hybridized carbons (Fsp3) is 0.0588. The summed E-state index contributed by atoms with van der Waals surface area (Å²) in [5.74, 6) is 0. The van der Waals surface area contributed by atoms with Crippen molar-refractivity contribution in [3.8, 4) is 16.8 Å². The lowest BCUT2D eigenvalue weighted by atomic mass is 9.82. The van der Waals surface area contributed by atoms with Gasteiger partial charge in [0.05, 0.1) is 13.8 Å². The van der Waals surface area contributed by atoms with Crippen LogP contribution in [0.3, 0.4) is 0 Å². The van der Waals surface area contributed by atoms with Gasteiger partial charge < -0.3 is 9.47 Å². The van der Waals surface area contributed by atoms with Gasteiger partial charge in [-0.1, -0.05) is 141 Å². The van der Waals surface area contributed by atoms with Crippen LogP contribution in [-0.4, -0.2) is 4.57 Å². The van der Waals surface area contributed by atoms with E-state index in [-0.39, 0.29) is 17.5 Å². The number of para-hydroxylation sites is 2. The minimum Gasteiger partial charge on any atom is -0.310 e. The van der Waals surface area contributed by atoms with Crippen LogP contribution < -0.4 is 4.90 Å². The quantitative estimate of drug-likeness (QED) is 0.159. The van der Waals surface area contributed by atoms with Gasteiger partial charge in [-0.15, -0.1) is 0 Å². The van der Waals surface area contributed by atoms with Gasteiger partial charge in [0.2, 0.25) is 0 Å². The number of rotatable bonds is 6. The Hall–Kier alpha value is -6.64. The third kappa shape index (κ3) is 5.18. The Morgan fingerprint density at radius 3 is 1.98 bits per heavy atom. The number of aromatic nitrogens is 1. The molecule has 10 rings (SSSR count). The summed E-state index contributed by atoms with van der Waals surface area (Å²) in [7, 11) is 0. The van der Waals surface area contributed by atoms with Crippen LogP contribution in [0.25, 0.3) is 61.5 Å². The van der Waals surface area contributed by atoms with E-state index in [4.69, 9.17) is 0 Å². The van der Waals surface area contributed by atoms with Gasteiger partial charge in [0, 0.05) is 38.9 Å². The lowest BCUT2D eigenvalue weighted by molar-refractivity contribution is 0.660. The molecule has 0 spiro atoms. The molecule has 9 aromatic rings. The van der Waals surface area contributed by atoms with Crippen molar-refractivity contribution in [2.45, 2.75) is 19.3 Å². The minimum absolute atomic E-state index is 0.113. The molecule has 0 amide bonds. The molecule has 1 aromatic heterocycles. The first kappa shape index (κ1) is 29.0. The van der Waals surface area contributed by atoms with Crippen molar-refractivity contribution in [1.29, 1.82) is 0 Å². The van der Waals surface area contributed by atoms with Gasteiger partial charge in [-0.25, -0.2) is 0 Å². The van der Waals surface area contributed by atoms with Crippen molar-refractivity contribution in [3.05, 3.63) is 204 Å². The Balaban J connectivity index is 1.02. The highest BCUT2D eigenvalue weighted by atomic mass is 15.1. The third-order valence-electron chi connectivity index (χ3n) is 11.0. The normalized spacial score (nSPS) is 14.1. The van der Waals surface area contributed by atoms with Crippen LogP contribution in [0, 0.1) is 0 Å². The van der Waals surface area contributed by atoms with Crippen molar-refractivity contribution >= 4 is 61.7 Å². The predicted molar refractivity (Wildman–Crippen MR) is 226 cm³/mol. The van der Waals surface area contributed by atoms with E-state index < -0.39 is 0 Å². The molecule has 1 heterocycles. The Labute approximate surface area is 313 Å². The predicted octanol–water partition coefficient (Wildman–Crippen LogP) is 13.9. The Bertz CT molecular complexity index is 2970. The minimum atomic E-state index is -0.113. The third-order valence-corrected chi connectivity index (χ3v) is 11.0. The van der Waals surface area contributed by atoms with Gasteiger partial charge in [-0.3, -0.25) is 0 Å². The van der Waals surface area contributed by atoms with Gasteiger partial charge in [-0.05, 0) is 111 Å². The topological polar surface area (TPSA) is 8.17 Å². The zero-order chi connectivity index (χ0) is 37.3. The lowest BCUT2D eigenvalue weighted by Crippen LogP contribution is -2.16. The van der Waals surface area contributed by atoms with E-state index >= 15 is 0 Å². The molecule has 0 N–H and O–H groups in total. The molecule has 0 unspecified atom stereocenters. The molecule has 0 radical (unpaired) electrons. The van der Waals surface area contributed by atoms with Crippen molar-refractivity contribution in [3.63, 3.8) is 0 Å². The smallest absolute Gasteiger partial charge is 0.0629 e. The highest BCUT2D eigenvalue weighted by Gasteiger charge is 2.35. The van der Waals surface area contributed by atoms with Crippen LogP contribution in [0.15, 0.2) is 182 Å². The molecule has 1 aliphatic carbocycles. The lowest BCUT2D eigenvalue weighted by Gasteiger charge is -2.28. The molecule has 53 heavy (non-hydrogen) atoms. The fourth-order valence-corrected chi connectivity index (χ4v) is 8.34. The molecular weight excluding hydrogens is 641 g/mol. The maximum absolute atomic E-state index is 9.25. The summed E-state index contributed by atoms with van der Waals surface area (Å²) in [5, 5.41) is 4.59. The molecular formula is C51H38N2. The second-order valence-electron chi connectivity index (χ2n) is 14.5. The van der Waals surface area contributed by atoms with Gasteiger partial charge in [0.1, 0.15) is 0 Å². The molecule has 0 aliphatic heterocycles.